The molecule has 0 amide bonds. The van der Waals surface area contributed by atoms with E-state index < -0.39 is 0 Å². The van der Waals surface area contributed by atoms with E-state index in [1.807, 2.05) is 18.2 Å². The lowest BCUT2D eigenvalue weighted by atomic mass is 10.1. The summed E-state index contributed by atoms with van der Waals surface area (Å²) in [5, 5.41) is 3.42. The molecule has 0 spiro atoms. The Bertz CT molecular complexity index is 332. The van der Waals surface area contributed by atoms with Crippen molar-refractivity contribution in [2.75, 3.05) is 17.6 Å². The smallest absolute Gasteiger partial charge is 0.0351 e. The van der Waals surface area contributed by atoms with Crippen molar-refractivity contribution in [2.24, 2.45) is 0 Å². The number of nitrogens with two attached hydrogens (primary N) is 1. The van der Waals surface area contributed by atoms with Crippen LogP contribution in [0.5, 0.6) is 0 Å². The third kappa shape index (κ3) is 3.97. The van der Waals surface area contributed by atoms with Gasteiger partial charge in [-0.3, -0.25) is 0 Å². The second-order valence-corrected chi connectivity index (χ2v) is 4.04. The van der Waals surface area contributed by atoms with E-state index in [0.29, 0.717) is 0 Å². The van der Waals surface area contributed by atoms with Crippen LogP contribution < -0.4 is 11.1 Å². The second kappa shape index (κ2) is 6.94. The molecule has 0 saturated heterocycles. The first-order valence-corrected chi connectivity index (χ1v) is 6.01. The van der Waals surface area contributed by atoms with E-state index in [1.165, 1.54) is 19.3 Å². The van der Waals surface area contributed by atoms with Crippen molar-refractivity contribution >= 4 is 11.4 Å². The standard InChI is InChI=1S/C14H22N2/c1-3-5-6-10-16-13-8-9-14(15)12(11-13)7-4-2/h4,8-9,11,16H,2-3,5-7,10,15H2,1H3. The third-order valence-corrected chi connectivity index (χ3v) is 2.62. The van der Waals surface area contributed by atoms with Crippen LogP contribution in [0.3, 0.4) is 0 Å². The molecule has 0 atom stereocenters. The molecule has 0 heterocycles. The molecule has 2 nitrogen and oxygen atoms in total. The Morgan fingerprint density at radius 2 is 2.19 bits per heavy atom. The molecule has 1 rings (SSSR count). The normalized spacial score (nSPS) is 10.1. The van der Waals surface area contributed by atoms with E-state index in [2.05, 4.69) is 24.9 Å². The fourth-order valence-electron chi connectivity index (χ4n) is 1.66. The summed E-state index contributed by atoms with van der Waals surface area (Å²) >= 11 is 0. The molecule has 16 heavy (non-hydrogen) atoms. The van der Waals surface area contributed by atoms with Crippen molar-refractivity contribution < 1.29 is 0 Å². The molecule has 0 saturated carbocycles. The highest BCUT2D eigenvalue weighted by molar-refractivity contribution is 5.57. The summed E-state index contributed by atoms with van der Waals surface area (Å²) in [6.07, 6.45) is 6.47. The molecule has 0 unspecified atom stereocenters. The lowest BCUT2D eigenvalue weighted by Crippen LogP contribution is -2.02. The maximum atomic E-state index is 5.88. The summed E-state index contributed by atoms with van der Waals surface area (Å²) in [5.41, 5.74) is 9.03. The number of rotatable bonds is 7. The molecule has 0 aliphatic heterocycles. The molecule has 0 bridgehead atoms. The minimum absolute atomic E-state index is 0.830. The molecule has 0 aromatic heterocycles. The predicted molar refractivity (Wildman–Crippen MR) is 72.8 cm³/mol. The average molecular weight is 218 g/mol. The van der Waals surface area contributed by atoms with Crippen LogP contribution >= 0.6 is 0 Å². The number of nitrogen functional groups attached to an aromatic ring is 1. The first-order valence-electron chi connectivity index (χ1n) is 6.01. The largest absolute Gasteiger partial charge is 0.398 e. The molecule has 88 valence electrons. The first-order chi connectivity index (χ1) is 7.77. The number of allylic oxidation sites excluding steroid dienone is 1. The van der Waals surface area contributed by atoms with Gasteiger partial charge in [0.25, 0.3) is 0 Å². The van der Waals surface area contributed by atoms with Gasteiger partial charge in [0.1, 0.15) is 0 Å². The topological polar surface area (TPSA) is 38.0 Å². The number of anilines is 2. The Morgan fingerprint density at radius 3 is 2.88 bits per heavy atom. The molecule has 1 aromatic rings. The lowest BCUT2D eigenvalue weighted by Gasteiger charge is -2.09. The van der Waals surface area contributed by atoms with Crippen molar-refractivity contribution in [2.45, 2.75) is 32.6 Å². The summed E-state index contributed by atoms with van der Waals surface area (Å²) in [5.74, 6) is 0. The van der Waals surface area contributed by atoms with Crippen molar-refractivity contribution in [3.05, 3.63) is 36.4 Å². The molecular weight excluding hydrogens is 196 g/mol. The zero-order valence-corrected chi connectivity index (χ0v) is 10.1. The molecule has 0 fully saturated rings. The van der Waals surface area contributed by atoms with Crippen LogP contribution in [0.2, 0.25) is 0 Å². The summed E-state index contributed by atoms with van der Waals surface area (Å²) in [6.45, 7) is 6.98. The van der Waals surface area contributed by atoms with Gasteiger partial charge in [-0.2, -0.15) is 0 Å². The number of benzene rings is 1. The number of hydrogen-bond donors (Lipinski definition) is 2. The van der Waals surface area contributed by atoms with Gasteiger partial charge in [0.05, 0.1) is 0 Å². The fourth-order valence-corrected chi connectivity index (χ4v) is 1.66. The van der Waals surface area contributed by atoms with E-state index in [4.69, 9.17) is 5.73 Å². The van der Waals surface area contributed by atoms with Gasteiger partial charge in [-0.15, -0.1) is 6.58 Å². The van der Waals surface area contributed by atoms with Crippen LogP contribution in [0.1, 0.15) is 31.7 Å². The predicted octanol–water partition coefficient (Wildman–Crippen LogP) is 3.60. The van der Waals surface area contributed by atoms with E-state index in [9.17, 15) is 0 Å². The summed E-state index contributed by atoms with van der Waals surface area (Å²) in [7, 11) is 0. The Morgan fingerprint density at radius 1 is 1.38 bits per heavy atom. The molecule has 0 aliphatic carbocycles. The van der Waals surface area contributed by atoms with Gasteiger partial charge in [0.2, 0.25) is 0 Å². The van der Waals surface area contributed by atoms with Crippen LogP contribution in [-0.4, -0.2) is 6.54 Å². The highest BCUT2D eigenvalue weighted by atomic mass is 14.9. The molecule has 2 heteroatoms. The van der Waals surface area contributed by atoms with Crippen molar-refractivity contribution in [3.63, 3.8) is 0 Å². The van der Waals surface area contributed by atoms with Crippen LogP contribution in [-0.2, 0) is 6.42 Å². The van der Waals surface area contributed by atoms with Gasteiger partial charge >= 0.3 is 0 Å². The van der Waals surface area contributed by atoms with Gasteiger partial charge in [-0.1, -0.05) is 25.8 Å². The Labute approximate surface area is 98.6 Å². The van der Waals surface area contributed by atoms with E-state index >= 15 is 0 Å². The van der Waals surface area contributed by atoms with Crippen LogP contribution in [0.15, 0.2) is 30.9 Å². The second-order valence-electron chi connectivity index (χ2n) is 4.04. The van der Waals surface area contributed by atoms with E-state index in [1.54, 1.807) is 0 Å². The fraction of sp³-hybridized carbons (Fsp3) is 0.429. The third-order valence-electron chi connectivity index (χ3n) is 2.62. The van der Waals surface area contributed by atoms with Crippen LogP contribution in [0.4, 0.5) is 11.4 Å². The highest BCUT2D eigenvalue weighted by Gasteiger charge is 1.99. The van der Waals surface area contributed by atoms with Gasteiger partial charge in [-0.25, -0.2) is 0 Å². The maximum Gasteiger partial charge on any atom is 0.0351 e. The first kappa shape index (κ1) is 12.6. The summed E-state index contributed by atoms with van der Waals surface area (Å²) in [6, 6.07) is 6.11. The maximum absolute atomic E-state index is 5.88. The Balaban J connectivity index is 2.53. The minimum Gasteiger partial charge on any atom is -0.398 e. The molecule has 1 aromatic carbocycles. The molecular formula is C14H22N2. The monoisotopic (exact) mass is 218 g/mol. The van der Waals surface area contributed by atoms with Gasteiger partial charge in [0, 0.05) is 17.9 Å². The zero-order chi connectivity index (χ0) is 11.8. The highest BCUT2D eigenvalue weighted by Crippen LogP contribution is 2.18. The van der Waals surface area contributed by atoms with Crippen LogP contribution in [0.25, 0.3) is 0 Å². The van der Waals surface area contributed by atoms with Gasteiger partial charge in [-0.05, 0) is 36.6 Å². The zero-order valence-electron chi connectivity index (χ0n) is 10.1. The van der Waals surface area contributed by atoms with E-state index in [0.717, 1.165) is 29.9 Å². The Kier molecular flexibility index (Phi) is 5.48. The lowest BCUT2D eigenvalue weighted by molar-refractivity contribution is 0.744. The van der Waals surface area contributed by atoms with Crippen molar-refractivity contribution in [1.29, 1.82) is 0 Å². The Hall–Kier alpha value is -1.44. The molecule has 0 aliphatic rings. The molecule has 0 radical (unpaired) electrons. The van der Waals surface area contributed by atoms with Crippen molar-refractivity contribution in [1.82, 2.24) is 0 Å². The summed E-state index contributed by atoms with van der Waals surface area (Å²) < 4.78 is 0. The quantitative estimate of drug-likeness (QED) is 0.417. The minimum atomic E-state index is 0.830. The summed E-state index contributed by atoms with van der Waals surface area (Å²) in [4.78, 5) is 0. The average Bonchev–Trinajstić information content (AvgIpc) is 2.29. The van der Waals surface area contributed by atoms with Gasteiger partial charge in [0.15, 0.2) is 0 Å². The number of hydrogen-bond acceptors (Lipinski definition) is 2. The number of unbranched alkanes of at least 4 members (excludes halogenated alkanes) is 2. The van der Waals surface area contributed by atoms with E-state index in [-0.39, 0.29) is 0 Å². The van der Waals surface area contributed by atoms with Crippen molar-refractivity contribution in [3.8, 4) is 0 Å². The number of nitrogens with one attached hydrogen (secondary N) is 1. The SMILES string of the molecule is C=CCc1cc(NCCCCC)ccc1N. The van der Waals surface area contributed by atoms with Crippen LogP contribution in [0, 0.1) is 0 Å². The van der Waals surface area contributed by atoms with Gasteiger partial charge < -0.3 is 11.1 Å². The molecule has 3 N–H and O–H groups in total.